The van der Waals surface area contributed by atoms with Crippen molar-refractivity contribution in [3.63, 3.8) is 0 Å². The second-order valence-corrected chi connectivity index (χ2v) is 3.96. The van der Waals surface area contributed by atoms with E-state index in [1.165, 1.54) is 12.8 Å². The Bertz CT molecular complexity index is 191. The fraction of sp³-hybridized carbons (Fsp3) is 0.900. The second kappa shape index (κ2) is 5.32. The number of aliphatic carboxylic acids is 1. The van der Waals surface area contributed by atoms with Gasteiger partial charge in [-0.05, 0) is 32.9 Å². The van der Waals surface area contributed by atoms with E-state index in [1.807, 2.05) is 7.05 Å². The van der Waals surface area contributed by atoms with Crippen LogP contribution in [-0.4, -0.2) is 37.3 Å². The van der Waals surface area contributed by atoms with Crippen LogP contribution in [0, 0.1) is 5.92 Å². The topological polar surface area (TPSA) is 61.4 Å². The summed E-state index contributed by atoms with van der Waals surface area (Å²) in [6, 6.07) is -0.414. The fourth-order valence-electron chi connectivity index (χ4n) is 2.45. The van der Waals surface area contributed by atoms with E-state index in [1.54, 1.807) is 7.05 Å². The van der Waals surface area contributed by atoms with Crippen LogP contribution in [0.5, 0.6) is 0 Å². The maximum Gasteiger partial charge on any atom is 0.322 e. The van der Waals surface area contributed by atoms with Gasteiger partial charge in [-0.3, -0.25) is 4.79 Å². The van der Waals surface area contributed by atoms with E-state index in [2.05, 4.69) is 10.6 Å². The van der Waals surface area contributed by atoms with Crippen molar-refractivity contribution in [2.75, 3.05) is 14.1 Å². The van der Waals surface area contributed by atoms with E-state index >= 15 is 0 Å². The molecule has 1 aliphatic carbocycles. The fourth-order valence-corrected chi connectivity index (χ4v) is 2.45. The van der Waals surface area contributed by atoms with Crippen molar-refractivity contribution in [2.45, 2.75) is 37.8 Å². The SMILES string of the molecule is CNC(C(=O)O)C(NC)C1CCCC1. The Labute approximate surface area is 85.1 Å². The Balaban J connectivity index is 2.62. The average molecular weight is 200 g/mol. The zero-order valence-electron chi connectivity index (χ0n) is 8.92. The molecule has 0 radical (unpaired) electrons. The summed E-state index contributed by atoms with van der Waals surface area (Å²) in [4.78, 5) is 11.0. The molecule has 2 unspecified atom stereocenters. The van der Waals surface area contributed by atoms with Gasteiger partial charge in [-0.2, -0.15) is 0 Å². The van der Waals surface area contributed by atoms with E-state index in [-0.39, 0.29) is 6.04 Å². The van der Waals surface area contributed by atoms with Crippen molar-refractivity contribution in [1.82, 2.24) is 10.6 Å². The Morgan fingerprint density at radius 1 is 1.29 bits per heavy atom. The first-order chi connectivity index (χ1) is 6.70. The molecule has 2 atom stereocenters. The molecule has 0 amide bonds. The van der Waals surface area contributed by atoms with Gasteiger partial charge >= 0.3 is 5.97 Å². The molecule has 0 heterocycles. The molecule has 0 aliphatic heterocycles. The van der Waals surface area contributed by atoms with Gasteiger partial charge in [0.25, 0.3) is 0 Å². The first kappa shape index (κ1) is 11.5. The molecule has 14 heavy (non-hydrogen) atoms. The molecule has 0 aromatic rings. The van der Waals surface area contributed by atoms with Crippen molar-refractivity contribution in [1.29, 1.82) is 0 Å². The highest BCUT2D eigenvalue weighted by atomic mass is 16.4. The molecule has 0 bridgehead atoms. The monoisotopic (exact) mass is 200 g/mol. The molecule has 82 valence electrons. The van der Waals surface area contributed by atoms with Crippen LogP contribution < -0.4 is 10.6 Å². The first-order valence-electron chi connectivity index (χ1n) is 5.28. The van der Waals surface area contributed by atoms with Crippen LogP contribution in [0.4, 0.5) is 0 Å². The Morgan fingerprint density at radius 2 is 1.86 bits per heavy atom. The highest BCUT2D eigenvalue weighted by Gasteiger charge is 2.33. The number of hydrogen-bond acceptors (Lipinski definition) is 3. The van der Waals surface area contributed by atoms with E-state index in [4.69, 9.17) is 5.11 Å². The molecule has 1 aliphatic rings. The van der Waals surface area contributed by atoms with Gasteiger partial charge in [-0.1, -0.05) is 12.8 Å². The molecule has 1 saturated carbocycles. The predicted octanol–water partition coefficient (Wildman–Crippen LogP) is 0.437. The van der Waals surface area contributed by atoms with Gasteiger partial charge in [0, 0.05) is 6.04 Å². The van der Waals surface area contributed by atoms with Crippen LogP contribution in [-0.2, 0) is 4.79 Å². The van der Waals surface area contributed by atoms with Crippen molar-refractivity contribution in [3.05, 3.63) is 0 Å². The standard InChI is InChI=1S/C10H20N2O2/c1-11-8(7-5-3-4-6-7)9(12-2)10(13)14/h7-9,11-12H,3-6H2,1-2H3,(H,13,14). The van der Waals surface area contributed by atoms with Gasteiger partial charge < -0.3 is 15.7 Å². The zero-order chi connectivity index (χ0) is 10.6. The maximum absolute atomic E-state index is 11.0. The van der Waals surface area contributed by atoms with Gasteiger partial charge in [-0.15, -0.1) is 0 Å². The lowest BCUT2D eigenvalue weighted by atomic mass is 9.92. The largest absolute Gasteiger partial charge is 0.480 e. The predicted molar refractivity (Wildman–Crippen MR) is 55.3 cm³/mol. The van der Waals surface area contributed by atoms with Crippen LogP contribution in [0.15, 0.2) is 0 Å². The summed E-state index contributed by atoms with van der Waals surface area (Å²) >= 11 is 0. The smallest absolute Gasteiger partial charge is 0.322 e. The van der Waals surface area contributed by atoms with Crippen LogP contribution in [0.2, 0.25) is 0 Å². The summed E-state index contributed by atoms with van der Waals surface area (Å²) in [5.41, 5.74) is 0. The number of carboxylic acid groups (broad SMARTS) is 1. The van der Waals surface area contributed by atoms with E-state index in [9.17, 15) is 4.79 Å². The van der Waals surface area contributed by atoms with Crippen molar-refractivity contribution in [3.8, 4) is 0 Å². The van der Waals surface area contributed by atoms with Gasteiger partial charge in [0.2, 0.25) is 0 Å². The van der Waals surface area contributed by atoms with Crippen LogP contribution in [0.1, 0.15) is 25.7 Å². The van der Waals surface area contributed by atoms with E-state index < -0.39 is 12.0 Å². The summed E-state index contributed by atoms with van der Waals surface area (Å²) in [5, 5.41) is 15.0. The van der Waals surface area contributed by atoms with Crippen LogP contribution in [0.25, 0.3) is 0 Å². The van der Waals surface area contributed by atoms with Gasteiger partial charge in [0.1, 0.15) is 6.04 Å². The van der Waals surface area contributed by atoms with Crippen LogP contribution >= 0.6 is 0 Å². The molecule has 1 fully saturated rings. The highest BCUT2D eigenvalue weighted by molar-refractivity contribution is 5.74. The summed E-state index contributed by atoms with van der Waals surface area (Å²) in [7, 11) is 3.55. The minimum atomic E-state index is -0.765. The summed E-state index contributed by atoms with van der Waals surface area (Å²) in [6.07, 6.45) is 4.77. The minimum absolute atomic E-state index is 0.0556. The molecule has 1 rings (SSSR count). The average Bonchev–Trinajstić information content (AvgIpc) is 2.65. The maximum atomic E-state index is 11.0. The number of rotatable bonds is 5. The Kier molecular flexibility index (Phi) is 4.35. The normalized spacial score (nSPS) is 22.1. The third-order valence-corrected chi connectivity index (χ3v) is 3.18. The zero-order valence-corrected chi connectivity index (χ0v) is 8.92. The van der Waals surface area contributed by atoms with Crippen molar-refractivity contribution < 1.29 is 9.90 Å². The molecule has 3 N–H and O–H groups in total. The van der Waals surface area contributed by atoms with Crippen molar-refractivity contribution in [2.24, 2.45) is 5.92 Å². The van der Waals surface area contributed by atoms with Crippen molar-refractivity contribution >= 4 is 5.97 Å². The third-order valence-electron chi connectivity index (χ3n) is 3.18. The van der Waals surface area contributed by atoms with Gasteiger partial charge in [0.05, 0.1) is 0 Å². The highest BCUT2D eigenvalue weighted by Crippen LogP contribution is 2.28. The van der Waals surface area contributed by atoms with Gasteiger partial charge in [-0.25, -0.2) is 0 Å². The first-order valence-corrected chi connectivity index (χ1v) is 5.28. The van der Waals surface area contributed by atoms with Crippen LogP contribution in [0.3, 0.4) is 0 Å². The molecular formula is C10H20N2O2. The summed E-state index contributed by atoms with van der Waals surface area (Å²) in [6.45, 7) is 0. The molecule has 4 heteroatoms. The lowest BCUT2D eigenvalue weighted by Gasteiger charge is -2.28. The number of likely N-dealkylation sites (N-methyl/N-ethyl adjacent to an activating group) is 2. The molecule has 0 aromatic heterocycles. The number of nitrogens with one attached hydrogen (secondary N) is 2. The molecule has 0 saturated heterocycles. The lowest BCUT2D eigenvalue weighted by Crippen LogP contribution is -2.53. The Morgan fingerprint density at radius 3 is 2.21 bits per heavy atom. The minimum Gasteiger partial charge on any atom is -0.480 e. The molecule has 0 aromatic carbocycles. The molecule has 0 spiro atoms. The Hall–Kier alpha value is -0.610. The van der Waals surface area contributed by atoms with E-state index in [0.29, 0.717) is 5.92 Å². The molecule has 4 nitrogen and oxygen atoms in total. The third kappa shape index (κ3) is 2.45. The number of hydrogen-bond donors (Lipinski definition) is 3. The van der Waals surface area contributed by atoms with Gasteiger partial charge in [0.15, 0.2) is 0 Å². The summed E-state index contributed by atoms with van der Waals surface area (Å²) < 4.78 is 0. The lowest BCUT2D eigenvalue weighted by molar-refractivity contribution is -0.140. The summed E-state index contributed by atoms with van der Waals surface area (Å²) in [5.74, 6) is -0.257. The number of carboxylic acids is 1. The second-order valence-electron chi connectivity index (χ2n) is 3.96. The number of carbonyl (C=O) groups is 1. The molecular weight excluding hydrogens is 180 g/mol. The quantitative estimate of drug-likeness (QED) is 0.602. The van der Waals surface area contributed by atoms with E-state index in [0.717, 1.165) is 12.8 Å².